The van der Waals surface area contributed by atoms with Crippen molar-refractivity contribution >= 4 is 5.97 Å². The molecule has 106 valence electrons. The van der Waals surface area contributed by atoms with Crippen LogP contribution in [-0.2, 0) is 17.8 Å². The van der Waals surface area contributed by atoms with Gasteiger partial charge >= 0.3 is 5.97 Å². The highest BCUT2D eigenvalue weighted by Crippen LogP contribution is 2.11. The number of carbonyl (C=O) groups is 1. The number of ether oxygens (including phenoxy) is 1. The minimum absolute atomic E-state index is 0.0637. The molecule has 0 atom stereocenters. The predicted octanol–water partition coefficient (Wildman–Crippen LogP) is 1.68. The van der Waals surface area contributed by atoms with E-state index in [1.807, 2.05) is 31.2 Å². The highest BCUT2D eigenvalue weighted by atomic mass is 16.5. The molecule has 2 rings (SSSR count). The molecular weight excluding hydrogens is 258 g/mol. The second kappa shape index (κ2) is 6.70. The lowest BCUT2D eigenvalue weighted by atomic mass is 10.2. The summed E-state index contributed by atoms with van der Waals surface area (Å²) in [5.41, 5.74) is 1.80. The van der Waals surface area contributed by atoms with E-state index in [4.69, 9.17) is 9.84 Å². The van der Waals surface area contributed by atoms with Crippen molar-refractivity contribution in [3.05, 3.63) is 41.7 Å². The van der Waals surface area contributed by atoms with Crippen LogP contribution in [0.2, 0.25) is 0 Å². The van der Waals surface area contributed by atoms with Crippen molar-refractivity contribution in [3.63, 3.8) is 0 Å². The van der Waals surface area contributed by atoms with Crippen LogP contribution in [0.25, 0.3) is 0 Å². The maximum absolute atomic E-state index is 10.7. The van der Waals surface area contributed by atoms with E-state index in [0.29, 0.717) is 18.8 Å². The van der Waals surface area contributed by atoms with E-state index in [1.54, 1.807) is 4.68 Å². The molecule has 0 unspecified atom stereocenters. The molecule has 1 N–H and O–H groups in total. The van der Waals surface area contributed by atoms with E-state index in [0.717, 1.165) is 12.2 Å². The molecule has 0 bridgehead atoms. The largest absolute Gasteiger partial charge is 0.494 e. The van der Waals surface area contributed by atoms with Gasteiger partial charge in [-0.1, -0.05) is 22.9 Å². The van der Waals surface area contributed by atoms with Crippen LogP contribution in [0.3, 0.4) is 0 Å². The van der Waals surface area contributed by atoms with Crippen LogP contribution in [0.1, 0.15) is 17.7 Å². The first-order valence-electron chi connectivity index (χ1n) is 6.44. The van der Waals surface area contributed by atoms with Crippen LogP contribution < -0.4 is 4.74 Å². The first kappa shape index (κ1) is 14.0. The van der Waals surface area contributed by atoms with E-state index in [-0.39, 0.29) is 6.42 Å². The van der Waals surface area contributed by atoms with Crippen molar-refractivity contribution in [3.8, 4) is 5.75 Å². The number of carboxylic acids is 1. The number of hydrogen-bond acceptors (Lipinski definition) is 4. The zero-order valence-electron chi connectivity index (χ0n) is 11.3. The Morgan fingerprint density at radius 3 is 2.80 bits per heavy atom. The number of aryl methyl sites for hydroxylation is 2. The summed E-state index contributed by atoms with van der Waals surface area (Å²) < 4.78 is 7.21. The van der Waals surface area contributed by atoms with Gasteiger partial charge in [0.25, 0.3) is 0 Å². The maximum atomic E-state index is 10.7. The molecule has 0 aliphatic carbocycles. The monoisotopic (exact) mass is 275 g/mol. The highest BCUT2D eigenvalue weighted by Gasteiger charge is 2.07. The van der Waals surface area contributed by atoms with Crippen molar-refractivity contribution in [2.24, 2.45) is 0 Å². The molecule has 2 aromatic rings. The Balaban J connectivity index is 1.77. The van der Waals surface area contributed by atoms with E-state index >= 15 is 0 Å². The Bertz CT molecular complexity index is 563. The predicted molar refractivity (Wildman–Crippen MR) is 72.7 cm³/mol. The lowest BCUT2D eigenvalue weighted by molar-refractivity contribution is -0.136. The topological polar surface area (TPSA) is 77.2 Å². The third kappa shape index (κ3) is 4.08. The summed E-state index contributed by atoms with van der Waals surface area (Å²) in [7, 11) is 0. The summed E-state index contributed by atoms with van der Waals surface area (Å²) >= 11 is 0. The number of aliphatic carboxylic acids is 1. The molecule has 0 aliphatic heterocycles. The molecule has 0 spiro atoms. The SMILES string of the molecule is Cc1ccc(OCCCn2nncc2CC(=O)O)cc1. The summed E-state index contributed by atoms with van der Waals surface area (Å²) in [5, 5.41) is 16.4. The van der Waals surface area contributed by atoms with Crippen LogP contribution in [0.4, 0.5) is 0 Å². The lowest BCUT2D eigenvalue weighted by Gasteiger charge is -2.07. The Morgan fingerprint density at radius 1 is 1.35 bits per heavy atom. The molecule has 1 aromatic carbocycles. The molecule has 0 saturated heterocycles. The molecule has 0 fully saturated rings. The van der Waals surface area contributed by atoms with Crippen LogP contribution in [-0.4, -0.2) is 32.7 Å². The van der Waals surface area contributed by atoms with Crippen LogP contribution >= 0.6 is 0 Å². The fraction of sp³-hybridized carbons (Fsp3) is 0.357. The number of rotatable bonds is 7. The van der Waals surface area contributed by atoms with E-state index < -0.39 is 5.97 Å². The molecule has 0 saturated carbocycles. The summed E-state index contributed by atoms with van der Waals surface area (Å²) in [6.07, 6.45) is 2.16. The van der Waals surface area contributed by atoms with E-state index in [1.165, 1.54) is 11.8 Å². The second-order valence-corrected chi connectivity index (χ2v) is 4.53. The highest BCUT2D eigenvalue weighted by molar-refractivity contribution is 5.69. The zero-order valence-corrected chi connectivity index (χ0v) is 11.3. The van der Waals surface area contributed by atoms with Gasteiger partial charge in [-0.3, -0.25) is 4.79 Å². The standard InChI is InChI=1S/C14H17N3O3/c1-11-3-5-13(6-4-11)20-8-2-7-17-12(9-14(18)19)10-15-16-17/h3-6,10H,2,7-9H2,1H3,(H,18,19). The molecule has 1 heterocycles. The minimum Gasteiger partial charge on any atom is -0.494 e. The molecule has 0 amide bonds. The molecule has 0 radical (unpaired) electrons. The normalized spacial score (nSPS) is 10.4. The Morgan fingerprint density at radius 2 is 2.10 bits per heavy atom. The third-order valence-corrected chi connectivity index (χ3v) is 2.83. The van der Waals surface area contributed by atoms with Crippen molar-refractivity contribution in [1.29, 1.82) is 0 Å². The summed E-state index contributed by atoms with van der Waals surface area (Å²) in [5.74, 6) is -0.0515. The lowest BCUT2D eigenvalue weighted by Crippen LogP contribution is -2.11. The van der Waals surface area contributed by atoms with Crippen LogP contribution in [0.5, 0.6) is 5.75 Å². The Hall–Kier alpha value is -2.37. The molecule has 6 heteroatoms. The van der Waals surface area contributed by atoms with Gasteiger partial charge in [-0.25, -0.2) is 4.68 Å². The van der Waals surface area contributed by atoms with Gasteiger partial charge in [0.15, 0.2) is 0 Å². The van der Waals surface area contributed by atoms with Crippen LogP contribution in [0, 0.1) is 6.92 Å². The van der Waals surface area contributed by atoms with Gasteiger partial charge in [-0.2, -0.15) is 0 Å². The minimum atomic E-state index is -0.885. The van der Waals surface area contributed by atoms with E-state index in [9.17, 15) is 4.79 Å². The number of hydrogen-bond donors (Lipinski definition) is 1. The quantitative estimate of drug-likeness (QED) is 0.778. The van der Waals surface area contributed by atoms with Gasteiger partial charge < -0.3 is 9.84 Å². The van der Waals surface area contributed by atoms with Gasteiger partial charge in [-0.15, -0.1) is 5.10 Å². The first-order valence-corrected chi connectivity index (χ1v) is 6.44. The third-order valence-electron chi connectivity index (χ3n) is 2.83. The molecule has 1 aromatic heterocycles. The molecule has 20 heavy (non-hydrogen) atoms. The van der Waals surface area contributed by atoms with Gasteiger partial charge in [-0.05, 0) is 19.1 Å². The average molecular weight is 275 g/mol. The van der Waals surface area contributed by atoms with E-state index in [2.05, 4.69) is 10.3 Å². The fourth-order valence-corrected chi connectivity index (χ4v) is 1.80. The van der Waals surface area contributed by atoms with Crippen molar-refractivity contribution in [2.75, 3.05) is 6.61 Å². The number of aromatic nitrogens is 3. The fourth-order valence-electron chi connectivity index (χ4n) is 1.80. The smallest absolute Gasteiger partial charge is 0.309 e. The summed E-state index contributed by atoms with van der Waals surface area (Å²) in [6, 6.07) is 7.86. The maximum Gasteiger partial charge on any atom is 0.309 e. The number of benzene rings is 1. The summed E-state index contributed by atoms with van der Waals surface area (Å²) in [4.78, 5) is 10.7. The van der Waals surface area contributed by atoms with Crippen molar-refractivity contribution in [1.82, 2.24) is 15.0 Å². The van der Waals surface area contributed by atoms with Crippen molar-refractivity contribution in [2.45, 2.75) is 26.3 Å². The summed E-state index contributed by atoms with van der Waals surface area (Å²) in [6.45, 7) is 3.17. The van der Waals surface area contributed by atoms with Gasteiger partial charge in [0, 0.05) is 13.0 Å². The molecule has 0 aliphatic rings. The average Bonchev–Trinajstić information content (AvgIpc) is 2.83. The first-order chi connectivity index (χ1) is 9.65. The van der Waals surface area contributed by atoms with Gasteiger partial charge in [0.1, 0.15) is 5.75 Å². The number of carboxylic acid groups (broad SMARTS) is 1. The second-order valence-electron chi connectivity index (χ2n) is 4.53. The van der Waals surface area contributed by atoms with Gasteiger partial charge in [0.05, 0.1) is 24.9 Å². The Kier molecular flexibility index (Phi) is 4.70. The zero-order chi connectivity index (χ0) is 14.4. The van der Waals surface area contributed by atoms with Crippen molar-refractivity contribution < 1.29 is 14.6 Å². The Labute approximate surface area is 117 Å². The number of nitrogens with zero attached hydrogens (tertiary/aromatic N) is 3. The molecular formula is C14H17N3O3. The van der Waals surface area contributed by atoms with Crippen LogP contribution in [0.15, 0.2) is 30.5 Å². The molecule has 6 nitrogen and oxygen atoms in total. The van der Waals surface area contributed by atoms with Gasteiger partial charge in [0.2, 0.25) is 0 Å².